The number of carbonyl (C=O) groups is 1. The summed E-state index contributed by atoms with van der Waals surface area (Å²) < 4.78 is 10.4. The lowest BCUT2D eigenvalue weighted by Gasteiger charge is -2.22. The van der Waals surface area contributed by atoms with Crippen LogP contribution in [0.25, 0.3) is 0 Å². The maximum atomic E-state index is 11.5. The van der Waals surface area contributed by atoms with Crippen LogP contribution in [0.5, 0.6) is 5.75 Å². The summed E-state index contributed by atoms with van der Waals surface area (Å²) in [6.45, 7) is 4.38. The summed E-state index contributed by atoms with van der Waals surface area (Å²) in [5.74, 6) is 0.863. The second-order valence-electron chi connectivity index (χ2n) is 4.40. The summed E-state index contributed by atoms with van der Waals surface area (Å²) in [5.41, 5.74) is 1.13. The zero-order valence-electron chi connectivity index (χ0n) is 11.4. The van der Waals surface area contributed by atoms with Crippen LogP contribution < -0.4 is 10.1 Å². The molecule has 1 atom stereocenters. The number of hydrogen-bond acceptors (Lipinski definition) is 4. The van der Waals surface area contributed by atoms with Gasteiger partial charge in [-0.3, -0.25) is 0 Å². The van der Waals surface area contributed by atoms with E-state index >= 15 is 0 Å². The molecular weight excluding hydrogens is 244 g/mol. The number of likely N-dealkylation sites (N-methyl/N-ethyl adjacent to an activating group) is 1. The normalized spacial score (nSPS) is 16.3. The molecule has 0 aliphatic carbocycles. The van der Waals surface area contributed by atoms with Gasteiger partial charge in [-0.2, -0.15) is 0 Å². The molecule has 1 N–H and O–H groups in total. The number of carbonyl (C=O) groups excluding carboxylic acids is 1. The van der Waals surface area contributed by atoms with E-state index in [1.807, 2.05) is 38.2 Å². The highest BCUT2D eigenvalue weighted by Crippen LogP contribution is 2.19. The van der Waals surface area contributed by atoms with Gasteiger partial charge in [-0.1, -0.05) is 12.1 Å². The van der Waals surface area contributed by atoms with Crippen molar-refractivity contribution in [2.24, 2.45) is 0 Å². The fourth-order valence-corrected chi connectivity index (χ4v) is 2.14. The van der Waals surface area contributed by atoms with Crippen LogP contribution in [-0.2, 0) is 4.74 Å². The second-order valence-corrected chi connectivity index (χ2v) is 4.40. The maximum Gasteiger partial charge on any atom is 0.410 e. The Balaban J connectivity index is 2.02. The molecule has 2 rings (SSSR count). The van der Waals surface area contributed by atoms with Gasteiger partial charge in [0.05, 0.1) is 13.2 Å². The van der Waals surface area contributed by atoms with E-state index in [4.69, 9.17) is 9.47 Å². The summed E-state index contributed by atoms with van der Waals surface area (Å²) in [6, 6.07) is 8.04. The standard InChI is InChI=1S/C14H20N2O3/c1-3-18-12-6-4-11(5-7-12)13(15-2)10-16-8-9-19-14(16)17/h4-7,13,15H,3,8-10H2,1-2H3. The first-order valence-corrected chi connectivity index (χ1v) is 6.56. The van der Waals surface area contributed by atoms with E-state index in [9.17, 15) is 4.79 Å². The van der Waals surface area contributed by atoms with Crippen LogP contribution >= 0.6 is 0 Å². The topological polar surface area (TPSA) is 50.8 Å². The predicted octanol–water partition coefficient (Wildman–Crippen LogP) is 1.80. The van der Waals surface area contributed by atoms with E-state index in [-0.39, 0.29) is 12.1 Å². The second kappa shape index (κ2) is 6.43. The van der Waals surface area contributed by atoms with Gasteiger partial charge in [0, 0.05) is 12.6 Å². The minimum atomic E-state index is -0.230. The smallest absolute Gasteiger partial charge is 0.410 e. The number of rotatable bonds is 6. The monoisotopic (exact) mass is 264 g/mol. The van der Waals surface area contributed by atoms with Crippen molar-refractivity contribution in [1.82, 2.24) is 10.2 Å². The van der Waals surface area contributed by atoms with Crippen molar-refractivity contribution in [2.45, 2.75) is 13.0 Å². The number of benzene rings is 1. The third-order valence-corrected chi connectivity index (χ3v) is 3.19. The van der Waals surface area contributed by atoms with Crippen molar-refractivity contribution in [3.8, 4) is 5.75 Å². The number of nitrogens with zero attached hydrogens (tertiary/aromatic N) is 1. The summed E-state index contributed by atoms with van der Waals surface area (Å²) in [7, 11) is 1.89. The van der Waals surface area contributed by atoms with E-state index in [1.165, 1.54) is 0 Å². The summed E-state index contributed by atoms with van der Waals surface area (Å²) in [5, 5.41) is 3.23. The maximum absolute atomic E-state index is 11.5. The van der Waals surface area contributed by atoms with Crippen LogP contribution in [-0.4, -0.2) is 44.3 Å². The van der Waals surface area contributed by atoms with Crippen molar-refractivity contribution in [2.75, 3.05) is 33.4 Å². The largest absolute Gasteiger partial charge is 0.494 e. The van der Waals surface area contributed by atoms with Crippen molar-refractivity contribution in [3.63, 3.8) is 0 Å². The molecule has 1 fully saturated rings. The number of hydrogen-bond donors (Lipinski definition) is 1. The molecule has 1 amide bonds. The van der Waals surface area contributed by atoms with Crippen LogP contribution in [0.15, 0.2) is 24.3 Å². The van der Waals surface area contributed by atoms with E-state index in [1.54, 1.807) is 4.90 Å². The SMILES string of the molecule is CCOc1ccc(C(CN2CCOC2=O)NC)cc1. The molecule has 0 aromatic heterocycles. The third kappa shape index (κ3) is 3.38. The molecule has 1 aliphatic heterocycles. The molecule has 0 saturated carbocycles. The van der Waals surface area contributed by atoms with Gasteiger partial charge in [0.2, 0.25) is 0 Å². The Labute approximate surface area is 113 Å². The van der Waals surface area contributed by atoms with Gasteiger partial charge in [0.25, 0.3) is 0 Å². The van der Waals surface area contributed by atoms with Gasteiger partial charge >= 0.3 is 6.09 Å². The van der Waals surface area contributed by atoms with E-state index < -0.39 is 0 Å². The highest BCUT2D eigenvalue weighted by molar-refractivity contribution is 5.69. The Kier molecular flexibility index (Phi) is 4.63. The van der Waals surface area contributed by atoms with E-state index in [0.29, 0.717) is 26.3 Å². The minimum Gasteiger partial charge on any atom is -0.494 e. The summed E-state index contributed by atoms with van der Waals surface area (Å²) >= 11 is 0. The first-order valence-electron chi connectivity index (χ1n) is 6.56. The Morgan fingerprint density at radius 2 is 2.16 bits per heavy atom. The van der Waals surface area contributed by atoms with Gasteiger partial charge in [0.15, 0.2) is 0 Å². The lowest BCUT2D eigenvalue weighted by molar-refractivity contribution is 0.156. The zero-order chi connectivity index (χ0) is 13.7. The fourth-order valence-electron chi connectivity index (χ4n) is 2.14. The minimum absolute atomic E-state index is 0.0985. The highest BCUT2D eigenvalue weighted by atomic mass is 16.6. The average molecular weight is 264 g/mol. The molecule has 104 valence electrons. The van der Waals surface area contributed by atoms with Gasteiger partial charge in [-0.25, -0.2) is 4.79 Å². The van der Waals surface area contributed by atoms with Crippen molar-refractivity contribution in [1.29, 1.82) is 0 Å². The molecule has 0 spiro atoms. The third-order valence-electron chi connectivity index (χ3n) is 3.19. The Bertz CT molecular complexity index is 419. The first-order chi connectivity index (χ1) is 9.24. The molecule has 0 radical (unpaired) electrons. The van der Waals surface area contributed by atoms with Crippen LogP contribution in [0.2, 0.25) is 0 Å². The molecule has 0 bridgehead atoms. The molecule has 1 aliphatic rings. The molecule has 5 heteroatoms. The quantitative estimate of drug-likeness (QED) is 0.851. The Morgan fingerprint density at radius 1 is 1.42 bits per heavy atom. The van der Waals surface area contributed by atoms with Gasteiger partial charge in [-0.15, -0.1) is 0 Å². The Hall–Kier alpha value is -1.75. The van der Waals surface area contributed by atoms with Crippen molar-refractivity contribution < 1.29 is 14.3 Å². The molecule has 1 saturated heterocycles. The number of amides is 1. The molecule has 1 aromatic rings. The van der Waals surface area contributed by atoms with Gasteiger partial charge < -0.3 is 19.7 Å². The Morgan fingerprint density at radius 3 is 2.68 bits per heavy atom. The molecule has 19 heavy (non-hydrogen) atoms. The van der Waals surface area contributed by atoms with Gasteiger partial charge in [0.1, 0.15) is 12.4 Å². The van der Waals surface area contributed by atoms with Crippen LogP contribution in [0.4, 0.5) is 4.79 Å². The number of nitrogens with one attached hydrogen (secondary N) is 1. The average Bonchev–Trinajstić information content (AvgIpc) is 2.83. The lowest BCUT2D eigenvalue weighted by Crippen LogP contribution is -2.34. The van der Waals surface area contributed by atoms with Crippen LogP contribution in [0.1, 0.15) is 18.5 Å². The van der Waals surface area contributed by atoms with Crippen LogP contribution in [0, 0.1) is 0 Å². The molecule has 5 nitrogen and oxygen atoms in total. The van der Waals surface area contributed by atoms with Crippen molar-refractivity contribution in [3.05, 3.63) is 29.8 Å². The predicted molar refractivity (Wildman–Crippen MR) is 72.3 cm³/mol. The van der Waals surface area contributed by atoms with Gasteiger partial charge in [-0.05, 0) is 31.7 Å². The molecular formula is C14H20N2O3. The highest BCUT2D eigenvalue weighted by Gasteiger charge is 2.25. The molecule has 1 unspecified atom stereocenters. The summed E-state index contributed by atoms with van der Waals surface area (Å²) in [6.07, 6.45) is -0.230. The fraction of sp³-hybridized carbons (Fsp3) is 0.500. The molecule has 1 heterocycles. The lowest BCUT2D eigenvalue weighted by atomic mass is 10.1. The van der Waals surface area contributed by atoms with Crippen molar-refractivity contribution >= 4 is 6.09 Å². The number of cyclic esters (lactones) is 1. The number of ether oxygens (including phenoxy) is 2. The summed E-state index contributed by atoms with van der Waals surface area (Å²) in [4.78, 5) is 13.2. The van der Waals surface area contributed by atoms with Crippen LogP contribution in [0.3, 0.4) is 0 Å². The zero-order valence-corrected chi connectivity index (χ0v) is 11.4. The van der Waals surface area contributed by atoms with E-state index in [0.717, 1.165) is 11.3 Å². The van der Waals surface area contributed by atoms with E-state index in [2.05, 4.69) is 5.32 Å². The first kappa shape index (κ1) is 13.7. The molecule has 1 aromatic carbocycles.